The number of nitrogens with zero attached hydrogens (tertiary/aromatic N) is 2. The Morgan fingerprint density at radius 2 is 1.68 bits per heavy atom. The van der Waals surface area contributed by atoms with Gasteiger partial charge in [0.15, 0.2) is 12.1 Å². The van der Waals surface area contributed by atoms with Gasteiger partial charge in [0.25, 0.3) is 0 Å². The van der Waals surface area contributed by atoms with E-state index in [9.17, 15) is 4.79 Å². The number of ether oxygens (including phenoxy) is 1. The number of rotatable bonds is 6. The van der Waals surface area contributed by atoms with Crippen molar-refractivity contribution in [3.8, 4) is 22.5 Å². The fourth-order valence-electron chi connectivity index (χ4n) is 3.31. The lowest BCUT2D eigenvalue weighted by Gasteiger charge is -2.17. The summed E-state index contributed by atoms with van der Waals surface area (Å²) in [6, 6.07) is 17.6. The average Bonchev–Trinajstić information content (AvgIpc) is 2.97. The smallest absolute Gasteiger partial charge is 0.185 e. The van der Waals surface area contributed by atoms with Crippen molar-refractivity contribution in [3.63, 3.8) is 0 Å². The molecule has 144 valence electrons. The highest BCUT2D eigenvalue weighted by atomic mass is 32.2. The Hall–Kier alpha value is -2.15. The zero-order valence-corrected chi connectivity index (χ0v) is 18.3. The van der Waals surface area contributed by atoms with Gasteiger partial charge >= 0.3 is 0 Å². The molecule has 0 bridgehead atoms. The second-order valence-corrected chi connectivity index (χ2v) is 14.9. The first kappa shape index (κ1) is 19.2. The molecule has 0 fully saturated rings. The molecule has 1 aliphatic heterocycles. The first-order chi connectivity index (χ1) is 13.5. The number of hydrogen-bond donors (Lipinski definition) is 0. The Morgan fingerprint density at radius 1 is 1.04 bits per heavy atom. The molecule has 4 nitrogen and oxygen atoms in total. The summed E-state index contributed by atoms with van der Waals surface area (Å²) in [4.78, 5) is 18.8. The molecule has 0 saturated carbocycles. The Bertz CT molecular complexity index is 1020. The third kappa shape index (κ3) is 3.72. The largest absolute Gasteiger partial charge is 0.361 e. The summed E-state index contributed by atoms with van der Waals surface area (Å²) >= 11 is 1.74. The molecule has 0 aliphatic carbocycles. The van der Waals surface area contributed by atoms with Crippen LogP contribution in [0.4, 0.5) is 0 Å². The fraction of sp³-hybridized carbons (Fsp3) is 0.273. The van der Waals surface area contributed by atoms with Crippen LogP contribution in [0.1, 0.15) is 10.6 Å². The predicted molar refractivity (Wildman–Crippen MR) is 117 cm³/mol. The summed E-state index contributed by atoms with van der Waals surface area (Å²) < 4.78 is 7.92. The molecule has 0 N–H and O–H groups in total. The summed E-state index contributed by atoms with van der Waals surface area (Å²) in [6.45, 7) is 8.04. The van der Waals surface area contributed by atoms with Crippen molar-refractivity contribution in [1.82, 2.24) is 9.55 Å². The molecule has 4 rings (SSSR count). The molecular formula is C22H24N2O2SSi. The van der Waals surface area contributed by atoms with E-state index in [-0.39, 0.29) is 0 Å². The fourth-order valence-corrected chi connectivity index (χ4v) is 5.14. The van der Waals surface area contributed by atoms with Crippen molar-refractivity contribution in [2.24, 2.45) is 0 Å². The topological polar surface area (TPSA) is 44.1 Å². The van der Waals surface area contributed by atoms with Crippen molar-refractivity contribution in [3.05, 3.63) is 54.4 Å². The molecule has 0 radical (unpaired) electrons. The van der Waals surface area contributed by atoms with Crippen LogP contribution < -0.4 is 0 Å². The summed E-state index contributed by atoms with van der Waals surface area (Å²) in [6.07, 6.45) is 0.828. The van der Waals surface area contributed by atoms with E-state index in [4.69, 9.17) is 9.72 Å². The van der Waals surface area contributed by atoms with Gasteiger partial charge in [0.1, 0.15) is 6.73 Å². The van der Waals surface area contributed by atoms with E-state index in [0.717, 1.165) is 44.6 Å². The van der Waals surface area contributed by atoms with E-state index in [0.29, 0.717) is 19.2 Å². The van der Waals surface area contributed by atoms with Crippen molar-refractivity contribution in [2.75, 3.05) is 6.61 Å². The van der Waals surface area contributed by atoms with Crippen LogP contribution in [0.3, 0.4) is 0 Å². The first-order valence-electron chi connectivity index (χ1n) is 9.48. The van der Waals surface area contributed by atoms with Gasteiger partial charge in [-0.3, -0.25) is 9.36 Å². The SMILES string of the molecule is C[Si](C)(C)CCOCn1c(C=O)nc2c1-c1ccccc1Sc1ccccc1-2. The number of carbonyl (C=O) groups excluding carboxylic acids is 1. The molecule has 1 aliphatic rings. The van der Waals surface area contributed by atoms with Gasteiger partial charge in [0, 0.05) is 35.6 Å². The second kappa shape index (κ2) is 7.70. The highest BCUT2D eigenvalue weighted by Gasteiger charge is 2.26. The van der Waals surface area contributed by atoms with Crippen LogP contribution in [-0.4, -0.2) is 30.5 Å². The molecule has 0 amide bonds. The van der Waals surface area contributed by atoms with Crippen LogP contribution in [0.2, 0.25) is 25.7 Å². The molecule has 0 unspecified atom stereocenters. The average molecular weight is 409 g/mol. The highest BCUT2D eigenvalue weighted by molar-refractivity contribution is 7.99. The standard InChI is InChI=1S/C22H24N2O2SSi/c1-28(2,3)13-12-26-15-24-20(14-25)23-21-16-8-4-6-10-18(16)27-19-11-7-5-9-17(19)22(21)24/h4-11,14H,12-13,15H2,1-3H3. The number of imidazole rings is 1. The van der Waals surface area contributed by atoms with E-state index in [1.165, 1.54) is 0 Å². The Morgan fingerprint density at radius 3 is 2.36 bits per heavy atom. The summed E-state index contributed by atoms with van der Waals surface area (Å²) in [7, 11) is -1.17. The van der Waals surface area contributed by atoms with Gasteiger partial charge in [-0.15, -0.1) is 0 Å². The van der Waals surface area contributed by atoms with E-state index in [1.807, 2.05) is 28.8 Å². The molecule has 0 spiro atoms. The summed E-state index contributed by atoms with van der Waals surface area (Å²) in [5, 5.41) is 0. The van der Waals surface area contributed by atoms with Gasteiger partial charge in [0.2, 0.25) is 0 Å². The summed E-state index contributed by atoms with van der Waals surface area (Å²) in [5.74, 6) is 0.412. The number of fused-ring (bicyclic) bond motifs is 5. The maximum atomic E-state index is 11.8. The maximum absolute atomic E-state index is 11.8. The Labute approximate surface area is 171 Å². The number of benzene rings is 2. The minimum Gasteiger partial charge on any atom is -0.361 e. The van der Waals surface area contributed by atoms with Gasteiger partial charge in [-0.25, -0.2) is 4.98 Å². The van der Waals surface area contributed by atoms with Crippen LogP contribution >= 0.6 is 11.8 Å². The van der Waals surface area contributed by atoms with Crippen LogP contribution in [0.25, 0.3) is 22.5 Å². The highest BCUT2D eigenvalue weighted by Crippen LogP contribution is 2.47. The zero-order valence-electron chi connectivity index (χ0n) is 16.4. The van der Waals surface area contributed by atoms with Gasteiger partial charge in [-0.05, 0) is 18.2 Å². The summed E-state index contributed by atoms with van der Waals surface area (Å²) in [5.41, 5.74) is 3.96. The molecule has 28 heavy (non-hydrogen) atoms. The van der Waals surface area contributed by atoms with Gasteiger partial charge in [-0.2, -0.15) is 0 Å². The minimum absolute atomic E-state index is 0.335. The van der Waals surface area contributed by atoms with E-state index >= 15 is 0 Å². The van der Waals surface area contributed by atoms with Crippen molar-refractivity contribution in [2.45, 2.75) is 42.2 Å². The van der Waals surface area contributed by atoms with Crippen LogP contribution in [0.15, 0.2) is 58.3 Å². The van der Waals surface area contributed by atoms with E-state index < -0.39 is 8.07 Å². The van der Waals surface area contributed by atoms with Crippen molar-refractivity contribution < 1.29 is 9.53 Å². The Balaban J connectivity index is 1.81. The lowest BCUT2D eigenvalue weighted by molar-refractivity contribution is 0.0841. The number of aromatic nitrogens is 2. The number of carbonyl (C=O) groups is 1. The molecule has 2 aromatic carbocycles. The molecule has 2 heterocycles. The molecule has 3 aromatic rings. The lowest BCUT2D eigenvalue weighted by atomic mass is 10.0. The molecule has 1 aromatic heterocycles. The van der Waals surface area contributed by atoms with Gasteiger partial charge in [0.05, 0.1) is 11.4 Å². The quantitative estimate of drug-likeness (QED) is 0.229. The van der Waals surface area contributed by atoms with Crippen LogP contribution in [0.5, 0.6) is 0 Å². The predicted octanol–water partition coefficient (Wildman–Crippen LogP) is 5.81. The van der Waals surface area contributed by atoms with Crippen LogP contribution in [0, 0.1) is 0 Å². The first-order valence-corrected chi connectivity index (χ1v) is 14.0. The monoisotopic (exact) mass is 408 g/mol. The van der Waals surface area contributed by atoms with Crippen LogP contribution in [-0.2, 0) is 11.5 Å². The lowest BCUT2D eigenvalue weighted by Crippen LogP contribution is -2.22. The normalized spacial score (nSPS) is 12.7. The maximum Gasteiger partial charge on any atom is 0.185 e. The minimum atomic E-state index is -1.17. The van der Waals surface area contributed by atoms with Gasteiger partial charge < -0.3 is 4.74 Å². The van der Waals surface area contributed by atoms with Gasteiger partial charge in [-0.1, -0.05) is 67.8 Å². The number of aldehydes is 1. The van der Waals surface area contributed by atoms with Crippen molar-refractivity contribution >= 4 is 26.1 Å². The Kier molecular flexibility index (Phi) is 5.27. The third-order valence-corrected chi connectivity index (χ3v) is 7.68. The van der Waals surface area contributed by atoms with E-state index in [2.05, 4.69) is 43.9 Å². The second-order valence-electron chi connectivity index (χ2n) is 8.16. The molecule has 0 atom stereocenters. The number of hydrogen-bond acceptors (Lipinski definition) is 4. The molecule has 6 heteroatoms. The third-order valence-electron chi connectivity index (χ3n) is 4.82. The molecular weight excluding hydrogens is 384 g/mol. The zero-order chi connectivity index (χ0) is 19.7. The van der Waals surface area contributed by atoms with E-state index in [1.54, 1.807) is 11.8 Å². The van der Waals surface area contributed by atoms with Crippen molar-refractivity contribution in [1.29, 1.82) is 0 Å². The molecule has 0 saturated heterocycles.